The van der Waals surface area contributed by atoms with Gasteiger partial charge in [0.2, 0.25) is 0 Å². The fourth-order valence-corrected chi connectivity index (χ4v) is 3.49. The highest BCUT2D eigenvalue weighted by atomic mass is 16.4. The number of carboxylic acid groups (broad SMARTS) is 1. The normalized spacial score (nSPS) is 18.6. The standard InChI is InChI=1S/C16H19NO2/c1-9-6-10(2)15-12-5-4-11(16(18)19)8-13(12)17(3)14(15)7-9/h6-7,11H,4-5,8H2,1-3H3,(H,18,19). The largest absolute Gasteiger partial charge is 0.481 e. The summed E-state index contributed by atoms with van der Waals surface area (Å²) in [5.74, 6) is -0.888. The van der Waals surface area contributed by atoms with Crippen LogP contribution in [0.15, 0.2) is 12.1 Å². The molecule has 1 aliphatic carbocycles. The lowest BCUT2D eigenvalue weighted by Crippen LogP contribution is -2.23. The number of aliphatic carboxylic acids is 1. The summed E-state index contributed by atoms with van der Waals surface area (Å²) in [6.07, 6.45) is 2.30. The number of benzene rings is 1. The summed E-state index contributed by atoms with van der Waals surface area (Å²) in [7, 11) is 2.06. The maximum atomic E-state index is 11.2. The molecular weight excluding hydrogens is 238 g/mol. The molecule has 1 aromatic carbocycles. The average molecular weight is 257 g/mol. The molecule has 1 heterocycles. The first-order valence-corrected chi connectivity index (χ1v) is 6.79. The Kier molecular flexibility index (Phi) is 2.66. The Morgan fingerprint density at radius 2 is 2.11 bits per heavy atom. The van der Waals surface area contributed by atoms with E-state index in [9.17, 15) is 9.90 Å². The first kappa shape index (κ1) is 12.3. The third-order valence-electron chi connectivity index (χ3n) is 4.41. The Bertz CT molecular complexity index is 682. The van der Waals surface area contributed by atoms with Crippen molar-refractivity contribution in [2.24, 2.45) is 13.0 Å². The van der Waals surface area contributed by atoms with Crippen LogP contribution in [0.4, 0.5) is 0 Å². The van der Waals surface area contributed by atoms with Crippen LogP contribution in [-0.4, -0.2) is 15.6 Å². The van der Waals surface area contributed by atoms with E-state index in [1.54, 1.807) is 0 Å². The zero-order valence-corrected chi connectivity index (χ0v) is 11.7. The molecule has 3 nitrogen and oxygen atoms in total. The van der Waals surface area contributed by atoms with Gasteiger partial charge in [-0.1, -0.05) is 6.07 Å². The van der Waals surface area contributed by atoms with Gasteiger partial charge in [0.1, 0.15) is 0 Å². The molecular formula is C16H19NO2. The van der Waals surface area contributed by atoms with E-state index in [1.807, 2.05) is 0 Å². The molecule has 3 heteroatoms. The summed E-state index contributed by atoms with van der Waals surface area (Å²) >= 11 is 0. The van der Waals surface area contributed by atoms with Crippen molar-refractivity contribution in [3.05, 3.63) is 34.5 Å². The molecule has 0 radical (unpaired) electrons. The Labute approximate surface area is 112 Å². The highest BCUT2D eigenvalue weighted by Gasteiger charge is 2.28. The van der Waals surface area contributed by atoms with Gasteiger partial charge in [-0.25, -0.2) is 0 Å². The van der Waals surface area contributed by atoms with Crippen molar-refractivity contribution in [2.75, 3.05) is 0 Å². The summed E-state index contributed by atoms with van der Waals surface area (Å²) in [6.45, 7) is 4.26. The maximum absolute atomic E-state index is 11.2. The minimum absolute atomic E-state index is 0.225. The van der Waals surface area contributed by atoms with Crippen LogP contribution in [0.25, 0.3) is 10.9 Å². The monoisotopic (exact) mass is 257 g/mol. The average Bonchev–Trinajstić information content (AvgIpc) is 2.63. The summed E-state index contributed by atoms with van der Waals surface area (Å²) in [4.78, 5) is 11.2. The molecule has 0 saturated heterocycles. The maximum Gasteiger partial charge on any atom is 0.306 e. The van der Waals surface area contributed by atoms with Crippen LogP contribution in [0.2, 0.25) is 0 Å². The third-order valence-corrected chi connectivity index (χ3v) is 4.41. The second kappa shape index (κ2) is 4.12. The van der Waals surface area contributed by atoms with Crippen molar-refractivity contribution in [3.8, 4) is 0 Å². The predicted molar refractivity (Wildman–Crippen MR) is 75.5 cm³/mol. The molecule has 0 fully saturated rings. The predicted octanol–water partition coefficient (Wildman–Crippen LogP) is 2.98. The van der Waals surface area contributed by atoms with E-state index in [0.29, 0.717) is 6.42 Å². The van der Waals surface area contributed by atoms with E-state index in [2.05, 4.69) is 37.6 Å². The number of nitrogens with zero attached hydrogens (tertiary/aromatic N) is 1. The van der Waals surface area contributed by atoms with Gasteiger partial charge in [0, 0.05) is 30.1 Å². The van der Waals surface area contributed by atoms with Gasteiger partial charge in [0.05, 0.1) is 5.92 Å². The van der Waals surface area contributed by atoms with Crippen molar-refractivity contribution >= 4 is 16.9 Å². The van der Waals surface area contributed by atoms with Gasteiger partial charge in [-0.3, -0.25) is 4.79 Å². The van der Waals surface area contributed by atoms with Crippen molar-refractivity contribution in [3.63, 3.8) is 0 Å². The quantitative estimate of drug-likeness (QED) is 0.853. The van der Waals surface area contributed by atoms with E-state index in [4.69, 9.17) is 0 Å². The van der Waals surface area contributed by atoms with Gasteiger partial charge in [-0.2, -0.15) is 0 Å². The minimum Gasteiger partial charge on any atom is -0.481 e. The van der Waals surface area contributed by atoms with Gasteiger partial charge in [-0.15, -0.1) is 0 Å². The zero-order valence-electron chi connectivity index (χ0n) is 11.7. The molecule has 2 aromatic rings. The molecule has 1 N–H and O–H groups in total. The molecule has 0 bridgehead atoms. The first-order valence-electron chi connectivity index (χ1n) is 6.79. The third kappa shape index (κ3) is 1.76. The second-order valence-corrected chi connectivity index (χ2v) is 5.74. The Balaban J connectivity index is 2.24. The molecule has 0 amide bonds. The number of hydrogen-bond donors (Lipinski definition) is 1. The first-order chi connectivity index (χ1) is 8.99. The van der Waals surface area contributed by atoms with Crippen LogP contribution in [0.5, 0.6) is 0 Å². The Morgan fingerprint density at radius 1 is 1.37 bits per heavy atom. The van der Waals surface area contributed by atoms with Gasteiger partial charge >= 0.3 is 5.97 Å². The smallest absolute Gasteiger partial charge is 0.306 e. The molecule has 0 saturated carbocycles. The van der Waals surface area contributed by atoms with E-state index < -0.39 is 5.97 Å². The number of hydrogen-bond acceptors (Lipinski definition) is 1. The summed E-state index contributed by atoms with van der Waals surface area (Å²) < 4.78 is 2.19. The van der Waals surface area contributed by atoms with Gasteiger partial charge in [-0.05, 0) is 49.4 Å². The van der Waals surface area contributed by atoms with Crippen LogP contribution in [0, 0.1) is 19.8 Å². The van der Waals surface area contributed by atoms with Gasteiger partial charge < -0.3 is 9.67 Å². The van der Waals surface area contributed by atoms with Crippen LogP contribution in [-0.2, 0) is 24.7 Å². The molecule has 100 valence electrons. The summed E-state index contributed by atoms with van der Waals surface area (Å²) in [6, 6.07) is 4.42. The topological polar surface area (TPSA) is 42.2 Å². The molecule has 1 aromatic heterocycles. The number of fused-ring (bicyclic) bond motifs is 3. The van der Waals surface area contributed by atoms with E-state index in [0.717, 1.165) is 12.8 Å². The van der Waals surface area contributed by atoms with Crippen LogP contribution >= 0.6 is 0 Å². The van der Waals surface area contributed by atoms with Crippen molar-refractivity contribution < 1.29 is 9.90 Å². The summed E-state index contributed by atoms with van der Waals surface area (Å²) in [5.41, 5.74) is 6.39. The van der Waals surface area contributed by atoms with Crippen LogP contribution < -0.4 is 0 Å². The van der Waals surface area contributed by atoms with Crippen molar-refractivity contribution in [1.82, 2.24) is 4.57 Å². The lowest BCUT2D eigenvalue weighted by atomic mass is 9.86. The number of aryl methyl sites for hydroxylation is 4. The lowest BCUT2D eigenvalue weighted by molar-refractivity contribution is -0.142. The van der Waals surface area contributed by atoms with Crippen LogP contribution in [0.3, 0.4) is 0 Å². The van der Waals surface area contributed by atoms with Crippen molar-refractivity contribution in [1.29, 1.82) is 0 Å². The van der Waals surface area contributed by atoms with Gasteiger partial charge in [0.25, 0.3) is 0 Å². The lowest BCUT2D eigenvalue weighted by Gasteiger charge is -2.20. The van der Waals surface area contributed by atoms with Crippen molar-refractivity contribution in [2.45, 2.75) is 33.1 Å². The molecule has 1 unspecified atom stereocenters. The SMILES string of the molecule is Cc1cc(C)c2c3c(n(C)c2c1)CC(C(=O)O)CC3. The number of carboxylic acids is 1. The molecule has 0 aliphatic heterocycles. The van der Waals surface area contributed by atoms with Gasteiger partial charge in [0.15, 0.2) is 0 Å². The van der Waals surface area contributed by atoms with E-state index in [1.165, 1.54) is 33.3 Å². The Hall–Kier alpha value is -1.77. The molecule has 0 spiro atoms. The molecule has 1 atom stereocenters. The number of aromatic nitrogens is 1. The zero-order chi connectivity index (χ0) is 13.7. The fourth-order valence-electron chi connectivity index (χ4n) is 3.49. The number of carbonyl (C=O) groups is 1. The molecule has 19 heavy (non-hydrogen) atoms. The highest BCUT2D eigenvalue weighted by molar-refractivity contribution is 5.90. The summed E-state index contributed by atoms with van der Waals surface area (Å²) in [5, 5.41) is 10.6. The molecule has 1 aliphatic rings. The minimum atomic E-state index is -0.663. The number of rotatable bonds is 1. The van der Waals surface area contributed by atoms with E-state index in [-0.39, 0.29) is 5.92 Å². The van der Waals surface area contributed by atoms with E-state index >= 15 is 0 Å². The fraction of sp³-hybridized carbons (Fsp3) is 0.438. The molecule has 3 rings (SSSR count). The second-order valence-electron chi connectivity index (χ2n) is 5.74. The Morgan fingerprint density at radius 3 is 2.79 bits per heavy atom. The highest BCUT2D eigenvalue weighted by Crippen LogP contribution is 2.35. The van der Waals surface area contributed by atoms with Crippen LogP contribution in [0.1, 0.15) is 28.8 Å².